The number of ether oxygens (including phenoxy) is 2. The van der Waals surface area contributed by atoms with E-state index in [4.69, 9.17) is 9.47 Å². The Morgan fingerprint density at radius 3 is 2.00 bits per heavy atom. The predicted molar refractivity (Wildman–Crippen MR) is 140 cm³/mol. The largest absolute Gasteiger partial charge is 0.508 e. The van der Waals surface area contributed by atoms with Gasteiger partial charge in [0.25, 0.3) is 0 Å². The maximum Gasteiger partial charge on any atom is 0.182 e. The summed E-state index contributed by atoms with van der Waals surface area (Å²) >= 11 is 0. The maximum absolute atomic E-state index is 14.1. The van der Waals surface area contributed by atoms with Gasteiger partial charge in [-0.3, -0.25) is 9.59 Å². The molecule has 0 bridgehead atoms. The first-order chi connectivity index (χ1) is 19.5. The third-order valence-corrected chi connectivity index (χ3v) is 7.24. The van der Waals surface area contributed by atoms with Gasteiger partial charge in [-0.2, -0.15) is 0 Å². The summed E-state index contributed by atoms with van der Waals surface area (Å²) in [5.41, 5.74) is -0.118. The fraction of sp³-hybridized carbons (Fsp3) is 0.133. The van der Waals surface area contributed by atoms with E-state index in [2.05, 4.69) is 0 Å². The van der Waals surface area contributed by atoms with Gasteiger partial charge in [0.1, 0.15) is 63.6 Å². The molecule has 4 aromatic carbocycles. The van der Waals surface area contributed by atoms with E-state index in [0.717, 1.165) is 18.2 Å². The Morgan fingerprint density at radius 2 is 1.29 bits per heavy atom. The van der Waals surface area contributed by atoms with Crippen molar-refractivity contribution in [2.75, 3.05) is 0 Å². The van der Waals surface area contributed by atoms with Crippen LogP contribution in [0, 0.1) is 0 Å². The molecule has 0 saturated heterocycles. The fourth-order valence-electron chi connectivity index (χ4n) is 5.35. The summed E-state index contributed by atoms with van der Waals surface area (Å²) in [6.07, 6.45) is -2.52. The van der Waals surface area contributed by atoms with Crippen LogP contribution in [0.5, 0.6) is 51.7 Å². The molecule has 0 amide bonds. The van der Waals surface area contributed by atoms with Crippen LogP contribution in [-0.4, -0.2) is 47.3 Å². The van der Waals surface area contributed by atoms with E-state index in [1.807, 2.05) is 0 Å². The van der Waals surface area contributed by atoms with Crippen molar-refractivity contribution in [1.82, 2.24) is 0 Å². The van der Waals surface area contributed by atoms with Crippen molar-refractivity contribution in [1.29, 1.82) is 0 Å². The number of phenols is 7. The quantitative estimate of drug-likeness (QED) is 0.176. The Kier molecular flexibility index (Phi) is 5.80. The molecular weight excluding hydrogens is 536 g/mol. The van der Waals surface area contributed by atoms with Gasteiger partial charge in [0, 0.05) is 18.2 Å². The van der Waals surface area contributed by atoms with Crippen molar-refractivity contribution in [2.24, 2.45) is 0 Å². The van der Waals surface area contributed by atoms with Crippen LogP contribution in [0.1, 0.15) is 62.0 Å². The lowest BCUT2D eigenvalue weighted by Gasteiger charge is -2.36. The number of fused-ring (bicyclic) bond motifs is 2. The second kappa shape index (κ2) is 9.26. The van der Waals surface area contributed by atoms with E-state index < -0.39 is 58.4 Å². The van der Waals surface area contributed by atoms with Crippen molar-refractivity contribution in [3.05, 3.63) is 88.5 Å². The Hall–Kier alpha value is -5.58. The highest BCUT2D eigenvalue weighted by molar-refractivity contribution is 6.09. The number of benzene rings is 4. The molecule has 4 aromatic rings. The zero-order valence-electron chi connectivity index (χ0n) is 21.0. The zero-order chi connectivity index (χ0) is 29.2. The molecule has 6 rings (SSSR count). The van der Waals surface area contributed by atoms with Crippen molar-refractivity contribution in [3.63, 3.8) is 0 Å². The van der Waals surface area contributed by atoms with Gasteiger partial charge in [0.15, 0.2) is 23.1 Å². The van der Waals surface area contributed by atoms with Crippen LogP contribution in [0.4, 0.5) is 0 Å². The molecular formula is C30H22O11. The van der Waals surface area contributed by atoms with Gasteiger partial charge >= 0.3 is 0 Å². The summed E-state index contributed by atoms with van der Waals surface area (Å²) in [5, 5.41) is 71.9. The summed E-state index contributed by atoms with van der Waals surface area (Å²) in [5.74, 6) is -6.26. The summed E-state index contributed by atoms with van der Waals surface area (Å²) in [7, 11) is 0. The van der Waals surface area contributed by atoms with Crippen LogP contribution in [0.15, 0.2) is 60.7 Å². The number of rotatable bonds is 3. The lowest BCUT2D eigenvalue weighted by molar-refractivity contribution is 0.0738. The normalized spacial score (nSPS) is 19.6. The number of carbonyl (C=O) groups excluding carboxylic acids is 2. The highest BCUT2D eigenvalue weighted by Gasteiger charge is 2.46. The number of ketones is 2. The third-order valence-electron chi connectivity index (χ3n) is 7.24. The van der Waals surface area contributed by atoms with E-state index in [0.29, 0.717) is 11.1 Å². The fourth-order valence-corrected chi connectivity index (χ4v) is 5.35. The van der Waals surface area contributed by atoms with Crippen LogP contribution in [0.3, 0.4) is 0 Å². The summed E-state index contributed by atoms with van der Waals surface area (Å²) in [4.78, 5) is 27.4. The maximum atomic E-state index is 14.1. The highest BCUT2D eigenvalue weighted by atomic mass is 16.5. The topological polar surface area (TPSA) is 194 Å². The average Bonchev–Trinajstić information content (AvgIpc) is 2.90. The van der Waals surface area contributed by atoms with E-state index in [9.17, 15) is 45.3 Å². The minimum Gasteiger partial charge on any atom is -0.508 e. The molecule has 7 N–H and O–H groups in total. The molecule has 0 spiro atoms. The SMILES string of the molecule is O=C1C[C@@H](c2ccc(O)c(O)c2)Oc2c1c(O)cc(O)c2[C@@H]1C(=O)c2c(O)cc(O)cc2O[C@H]1c1ccc(O)cc1. The van der Waals surface area contributed by atoms with E-state index >= 15 is 0 Å². The second-order valence-electron chi connectivity index (χ2n) is 9.82. The van der Waals surface area contributed by atoms with Gasteiger partial charge < -0.3 is 45.2 Å². The zero-order valence-corrected chi connectivity index (χ0v) is 21.0. The third kappa shape index (κ3) is 4.15. The molecule has 208 valence electrons. The van der Waals surface area contributed by atoms with Gasteiger partial charge in [-0.15, -0.1) is 0 Å². The number of phenolic OH excluding ortho intramolecular Hbond substituents is 7. The monoisotopic (exact) mass is 558 g/mol. The first kappa shape index (κ1) is 25.7. The lowest BCUT2D eigenvalue weighted by atomic mass is 9.78. The molecule has 0 unspecified atom stereocenters. The molecule has 0 saturated carbocycles. The van der Waals surface area contributed by atoms with Crippen LogP contribution in [-0.2, 0) is 0 Å². The van der Waals surface area contributed by atoms with Gasteiger partial charge in [0.05, 0.1) is 17.9 Å². The van der Waals surface area contributed by atoms with Crippen LogP contribution in [0.25, 0.3) is 0 Å². The number of aromatic hydroxyl groups is 7. The first-order valence-corrected chi connectivity index (χ1v) is 12.4. The highest BCUT2D eigenvalue weighted by Crippen LogP contribution is 2.55. The van der Waals surface area contributed by atoms with Gasteiger partial charge in [-0.1, -0.05) is 18.2 Å². The molecule has 2 aliphatic heterocycles. The molecule has 41 heavy (non-hydrogen) atoms. The van der Waals surface area contributed by atoms with Crippen LogP contribution < -0.4 is 9.47 Å². The van der Waals surface area contributed by atoms with Crippen molar-refractivity contribution in [3.8, 4) is 51.7 Å². The minimum atomic E-state index is -1.45. The number of hydrogen-bond donors (Lipinski definition) is 7. The van der Waals surface area contributed by atoms with Gasteiger partial charge in [-0.25, -0.2) is 0 Å². The predicted octanol–water partition coefficient (Wildman–Crippen LogP) is 4.43. The van der Waals surface area contributed by atoms with Gasteiger partial charge in [-0.05, 0) is 35.4 Å². The Balaban J connectivity index is 1.57. The smallest absolute Gasteiger partial charge is 0.182 e. The molecule has 0 aliphatic carbocycles. The second-order valence-corrected chi connectivity index (χ2v) is 9.82. The number of carbonyl (C=O) groups is 2. The van der Waals surface area contributed by atoms with Crippen LogP contribution >= 0.6 is 0 Å². The molecule has 2 heterocycles. The minimum absolute atomic E-state index is 0.0677. The molecule has 0 aromatic heterocycles. The summed E-state index contributed by atoms with van der Waals surface area (Å²) in [6.45, 7) is 0. The van der Waals surface area contributed by atoms with Crippen molar-refractivity contribution < 1.29 is 54.8 Å². The average molecular weight is 558 g/mol. The Labute approximate surface area is 231 Å². The van der Waals surface area contributed by atoms with Crippen molar-refractivity contribution >= 4 is 11.6 Å². The molecule has 11 nitrogen and oxygen atoms in total. The molecule has 11 heteroatoms. The number of Topliss-reactive ketones (excluding diaryl/α,β-unsaturated/α-hetero) is 2. The first-order valence-electron chi connectivity index (χ1n) is 12.4. The summed E-state index contributed by atoms with van der Waals surface area (Å²) in [6, 6.07) is 12.5. The Bertz CT molecular complexity index is 1740. The standard InChI is InChI=1S/C30H22O11/c31-14-4-1-12(2-5-14)29-27(28(39)25-18(35)8-15(32)9-23(25)41-29)26-20(37)10-19(36)24-21(38)11-22(40-30(24)26)13-3-6-16(33)17(34)7-13/h1-10,22,27,29,31-37H,11H2/t22-,27+,29-/m0/s1. The van der Waals surface area contributed by atoms with E-state index in [1.165, 1.54) is 42.5 Å². The number of hydrogen-bond acceptors (Lipinski definition) is 11. The Morgan fingerprint density at radius 1 is 0.610 bits per heavy atom. The van der Waals surface area contributed by atoms with Gasteiger partial charge in [0.2, 0.25) is 0 Å². The van der Waals surface area contributed by atoms with E-state index in [1.54, 1.807) is 0 Å². The van der Waals surface area contributed by atoms with Crippen LogP contribution in [0.2, 0.25) is 0 Å². The molecule has 3 atom stereocenters. The molecule has 0 radical (unpaired) electrons. The summed E-state index contributed by atoms with van der Waals surface area (Å²) < 4.78 is 12.2. The van der Waals surface area contributed by atoms with E-state index in [-0.39, 0.29) is 46.1 Å². The molecule has 0 fully saturated rings. The lowest BCUT2D eigenvalue weighted by Crippen LogP contribution is -2.32. The van der Waals surface area contributed by atoms with Crippen molar-refractivity contribution in [2.45, 2.75) is 24.5 Å². The molecule has 2 aliphatic rings.